The van der Waals surface area contributed by atoms with Crippen LogP contribution in [0.4, 0.5) is 0 Å². The molecule has 0 amide bonds. The fourth-order valence-electron chi connectivity index (χ4n) is 3.31. The maximum atomic E-state index is 10.4. The third-order valence-corrected chi connectivity index (χ3v) is 5.14. The molecule has 2 atom stereocenters. The average Bonchev–Trinajstić information content (AvgIpc) is 2.81. The van der Waals surface area contributed by atoms with Crippen molar-refractivity contribution in [1.82, 2.24) is 4.90 Å². The summed E-state index contributed by atoms with van der Waals surface area (Å²) in [7, 11) is 0. The fraction of sp³-hybridized carbons (Fsp3) is 0.346. The first-order valence-corrected chi connectivity index (χ1v) is 11.0. The summed E-state index contributed by atoms with van der Waals surface area (Å²) >= 11 is 0. The second-order valence-electron chi connectivity index (χ2n) is 8.28. The van der Waals surface area contributed by atoms with Gasteiger partial charge in [0.15, 0.2) is 12.2 Å². The summed E-state index contributed by atoms with van der Waals surface area (Å²) in [6, 6.07) is 18.0. The van der Waals surface area contributed by atoms with Gasteiger partial charge in [0.1, 0.15) is 5.75 Å². The molecule has 0 aliphatic rings. The van der Waals surface area contributed by atoms with Crippen LogP contribution in [0.25, 0.3) is 5.57 Å². The van der Waals surface area contributed by atoms with Crippen molar-refractivity contribution in [3.63, 3.8) is 0 Å². The highest BCUT2D eigenvalue weighted by atomic mass is 16.4. The molecule has 0 saturated heterocycles. The minimum absolute atomic E-state index is 0.190. The number of aliphatic hydroxyl groups is 2. The van der Waals surface area contributed by atoms with Crippen molar-refractivity contribution in [2.24, 2.45) is 0 Å². The Hall–Kier alpha value is -3.71. The molecule has 0 aromatic heterocycles. The van der Waals surface area contributed by atoms with Crippen LogP contribution in [0.1, 0.15) is 44.4 Å². The Bertz CT molecular complexity index is 1030. The predicted molar refractivity (Wildman–Crippen MR) is 131 cm³/mol. The number of nitrogens with zero attached hydrogens (tertiary/aromatic N) is 2. The first-order chi connectivity index (χ1) is 16.4. The molecule has 5 N–H and O–H groups in total. The fourth-order valence-corrected chi connectivity index (χ4v) is 3.31. The molecule has 2 aromatic carbocycles. The number of hydrogen-bond acceptors (Lipinski definition) is 7. The van der Waals surface area contributed by atoms with Crippen LogP contribution < -0.4 is 0 Å². The first kappa shape index (κ1) is 29.3. The van der Waals surface area contributed by atoms with Gasteiger partial charge in [-0.15, -0.1) is 0 Å². The SMILES string of the molecule is CC(C)N(CC=C(c1ccccc1)c1cc(C#N)ccc1O)C(C)C.O=C(O)C(O)C(O)C(=O)O. The van der Waals surface area contributed by atoms with Gasteiger partial charge in [-0.3, -0.25) is 4.90 Å². The molecule has 35 heavy (non-hydrogen) atoms. The lowest BCUT2D eigenvalue weighted by atomic mass is 9.95. The monoisotopic (exact) mass is 484 g/mol. The number of benzene rings is 2. The molecule has 9 heteroatoms. The van der Waals surface area contributed by atoms with Crippen LogP contribution in [0, 0.1) is 11.3 Å². The number of phenols is 1. The molecule has 0 aliphatic heterocycles. The van der Waals surface area contributed by atoms with Gasteiger partial charge in [0, 0.05) is 24.2 Å². The molecule has 0 saturated carbocycles. The summed E-state index contributed by atoms with van der Waals surface area (Å²) in [6.07, 6.45) is -2.39. The normalized spacial score (nSPS) is 13.1. The van der Waals surface area contributed by atoms with Gasteiger partial charge in [-0.1, -0.05) is 36.4 Å². The maximum absolute atomic E-state index is 10.4. The average molecular weight is 485 g/mol. The van der Waals surface area contributed by atoms with Crippen molar-refractivity contribution in [2.45, 2.75) is 52.0 Å². The van der Waals surface area contributed by atoms with Gasteiger partial charge in [-0.2, -0.15) is 5.26 Å². The maximum Gasteiger partial charge on any atom is 0.335 e. The van der Waals surface area contributed by atoms with E-state index in [1.807, 2.05) is 30.3 Å². The lowest BCUT2D eigenvalue weighted by Gasteiger charge is -2.29. The van der Waals surface area contributed by atoms with Crippen molar-refractivity contribution < 1.29 is 35.1 Å². The number of phenolic OH excluding ortho intramolecular Hbond substituents is 1. The molecule has 0 fully saturated rings. The Kier molecular flexibility index (Phi) is 11.6. The van der Waals surface area contributed by atoms with E-state index < -0.39 is 24.1 Å². The number of carboxylic acid groups (broad SMARTS) is 2. The molecule has 0 bridgehead atoms. The van der Waals surface area contributed by atoms with Crippen LogP contribution in [0.5, 0.6) is 5.75 Å². The number of aromatic hydroxyl groups is 1. The Morgan fingerprint density at radius 3 is 1.89 bits per heavy atom. The molecule has 2 rings (SSSR count). The molecule has 0 spiro atoms. The van der Waals surface area contributed by atoms with E-state index in [0.717, 1.165) is 17.7 Å². The van der Waals surface area contributed by atoms with Crippen LogP contribution >= 0.6 is 0 Å². The molecule has 0 radical (unpaired) electrons. The van der Waals surface area contributed by atoms with E-state index in [-0.39, 0.29) is 5.75 Å². The third kappa shape index (κ3) is 8.87. The van der Waals surface area contributed by atoms with Gasteiger partial charge in [0.2, 0.25) is 0 Å². The molecule has 9 nitrogen and oxygen atoms in total. The number of carbonyl (C=O) groups is 2. The van der Waals surface area contributed by atoms with Gasteiger partial charge in [-0.25, -0.2) is 9.59 Å². The van der Waals surface area contributed by atoms with Crippen molar-refractivity contribution in [2.75, 3.05) is 6.54 Å². The van der Waals surface area contributed by atoms with E-state index in [2.05, 4.69) is 44.7 Å². The number of nitriles is 1. The Balaban J connectivity index is 0.000000518. The van der Waals surface area contributed by atoms with E-state index in [4.69, 9.17) is 20.4 Å². The first-order valence-electron chi connectivity index (χ1n) is 11.0. The van der Waals surface area contributed by atoms with Crippen molar-refractivity contribution >= 4 is 17.5 Å². The van der Waals surface area contributed by atoms with Gasteiger partial charge < -0.3 is 25.5 Å². The molecule has 188 valence electrons. The topological polar surface area (TPSA) is 162 Å². The second-order valence-corrected chi connectivity index (χ2v) is 8.28. The highest BCUT2D eigenvalue weighted by molar-refractivity contribution is 5.83. The van der Waals surface area contributed by atoms with Crippen LogP contribution in [0.2, 0.25) is 0 Å². The second kappa shape index (κ2) is 13.9. The Labute approximate surface area is 204 Å². The number of aliphatic hydroxyl groups excluding tert-OH is 2. The molecule has 2 unspecified atom stereocenters. The Morgan fingerprint density at radius 2 is 1.46 bits per heavy atom. The van der Waals surface area contributed by atoms with E-state index in [1.54, 1.807) is 18.2 Å². The lowest BCUT2D eigenvalue weighted by Crippen LogP contribution is -2.39. The highest BCUT2D eigenvalue weighted by Crippen LogP contribution is 2.31. The van der Waals surface area contributed by atoms with Gasteiger partial charge in [0.25, 0.3) is 0 Å². The number of hydrogen-bond donors (Lipinski definition) is 5. The zero-order chi connectivity index (χ0) is 26.7. The van der Waals surface area contributed by atoms with Crippen LogP contribution in [0.15, 0.2) is 54.6 Å². The summed E-state index contributed by atoms with van der Waals surface area (Å²) in [4.78, 5) is 21.9. The van der Waals surface area contributed by atoms with E-state index >= 15 is 0 Å². The number of aliphatic carboxylic acids is 2. The third-order valence-electron chi connectivity index (χ3n) is 5.14. The summed E-state index contributed by atoms with van der Waals surface area (Å²) in [5, 5.41) is 52.1. The smallest absolute Gasteiger partial charge is 0.335 e. The number of rotatable bonds is 9. The van der Waals surface area contributed by atoms with E-state index in [0.29, 0.717) is 23.2 Å². The van der Waals surface area contributed by atoms with E-state index in [9.17, 15) is 20.0 Å². The summed E-state index contributed by atoms with van der Waals surface area (Å²) < 4.78 is 0. The minimum atomic E-state index is -2.27. The van der Waals surface area contributed by atoms with Crippen molar-refractivity contribution in [3.05, 3.63) is 71.3 Å². The molecule has 0 heterocycles. The van der Waals surface area contributed by atoms with Crippen molar-refractivity contribution in [3.8, 4) is 11.8 Å². The molecule has 0 aliphatic carbocycles. The highest BCUT2D eigenvalue weighted by Gasteiger charge is 2.29. The molecular weight excluding hydrogens is 452 g/mol. The zero-order valence-electron chi connectivity index (χ0n) is 20.2. The molecular formula is C26H32N2O7. The summed E-state index contributed by atoms with van der Waals surface area (Å²) in [5.74, 6) is -3.35. The van der Waals surface area contributed by atoms with E-state index in [1.165, 1.54) is 0 Å². The summed E-state index contributed by atoms with van der Waals surface area (Å²) in [6.45, 7) is 9.51. The number of carboxylic acids is 2. The largest absolute Gasteiger partial charge is 0.507 e. The van der Waals surface area contributed by atoms with Crippen molar-refractivity contribution in [1.29, 1.82) is 5.26 Å². The predicted octanol–water partition coefficient (Wildman–Crippen LogP) is 2.69. The zero-order valence-corrected chi connectivity index (χ0v) is 20.2. The minimum Gasteiger partial charge on any atom is -0.507 e. The van der Waals surface area contributed by atoms with Gasteiger partial charge in [0.05, 0.1) is 11.6 Å². The van der Waals surface area contributed by atoms with Crippen LogP contribution in [-0.2, 0) is 9.59 Å². The standard InChI is InChI=1S/C22H26N2O.C4H6O6/c1-16(2)24(17(3)4)13-12-20(19-8-6-5-7-9-19)21-14-18(15-23)10-11-22(21)25;5-1(3(7)8)2(6)4(9)10/h5-12,14,16-17,25H,13H2,1-4H3;1-2,5-6H,(H,7,8)(H,9,10). The van der Waals surface area contributed by atoms with Gasteiger partial charge in [-0.05, 0) is 57.0 Å². The summed E-state index contributed by atoms with van der Waals surface area (Å²) in [5.41, 5.74) is 3.21. The Morgan fingerprint density at radius 1 is 0.943 bits per heavy atom. The van der Waals surface area contributed by atoms with Gasteiger partial charge >= 0.3 is 11.9 Å². The van der Waals surface area contributed by atoms with Crippen LogP contribution in [0.3, 0.4) is 0 Å². The lowest BCUT2D eigenvalue weighted by molar-refractivity contribution is -0.165. The van der Waals surface area contributed by atoms with Crippen LogP contribution in [-0.4, -0.2) is 73.2 Å². The quantitative estimate of drug-likeness (QED) is 0.360. The molecule has 2 aromatic rings.